The summed E-state index contributed by atoms with van der Waals surface area (Å²) in [6.07, 6.45) is 0. The molecule has 145 valence electrons. The van der Waals surface area contributed by atoms with Gasteiger partial charge in [-0.05, 0) is 35.8 Å². The van der Waals surface area contributed by atoms with Crippen LogP contribution in [0.15, 0.2) is 24.3 Å². The fourth-order valence-corrected chi connectivity index (χ4v) is 5.45. The van der Waals surface area contributed by atoms with Crippen molar-refractivity contribution in [1.82, 2.24) is 9.97 Å². The summed E-state index contributed by atoms with van der Waals surface area (Å²) in [7, 11) is 9.03. The first-order valence-corrected chi connectivity index (χ1v) is 16.9. The Morgan fingerprint density at radius 1 is 0.760 bits per heavy atom. The Balaban J connectivity index is 0.000000970. The molecule has 2 aromatic rings. The third-order valence-corrected chi connectivity index (χ3v) is 10.3. The zero-order valence-corrected chi connectivity index (χ0v) is 21.6. The molecule has 0 saturated heterocycles. The van der Waals surface area contributed by atoms with Crippen LogP contribution in [0, 0.1) is 0 Å². The van der Waals surface area contributed by atoms with Gasteiger partial charge in [-0.2, -0.15) is 0 Å². The Bertz CT molecular complexity index is 641. The molecular weight excluding hydrogens is 574 g/mol. The van der Waals surface area contributed by atoms with Crippen LogP contribution in [0.3, 0.4) is 0 Å². The summed E-state index contributed by atoms with van der Waals surface area (Å²) in [5.74, 6) is 0. The SMILES string of the molecule is CP(c1nc2ccccc2nc1P(C)C(C)(C)C)C(C)(C)C.[Cl][Au][Cl]. The molecule has 0 aliphatic rings. The Hall–Kier alpha value is 0.740. The first-order valence-electron chi connectivity index (χ1n) is 7.99. The van der Waals surface area contributed by atoms with E-state index in [1.807, 2.05) is 12.1 Å². The second-order valence-electron chi connectivity index (χ2n) is 7.86. The molecule has 0 bridgehead atoms. The van der Waals surface area contributed by atoms with E-state index in [4.69, 9.17) is 28.3 Å². The fraction of sp³-hybridized carbons (Fsp3) is 0.556. The molecular formula is C18H28AuCl2N2P2. The number of hydrogen-bond donors (Lipinski definition) is 0. The second kappa shape index (κ2) is 9.79. The summed E-state index contributed by atoms with van der Waals surface area (Å²) in [4.78, 5) is 10.1. The van der Waals surface area contributed by atoms with Gasteiger partial charge in [-0.25, -0.2) is 9.97 Å². The molecule has 2 unspecified atom stereocenters. The van der Waals surface area contributed by atoms with Gasteiger partial charge in [0.2, 0.25) is 0 Å². The molecule has 0 aliphatic carbocycles. The van der Waals surface area contributed by atoms with Crippen molar-refractivity contribution in [3.05, 3.63) is 24.3 Å². The number of nitrogens with zero attached hydrogens (tertiary/aromatic N) is 2. The molecule has 0 N–H and O–H groups in total. The van der Waals surface area contributed by atoms with Gasteiger partial charge in [0.1, 0.15) is 0 Å². The molecule has 1 aromatic heterocycles. The summed E-state index contributed by atoms with van der Waals surface area (Å²) in [6.45, 7) is 18.6. The third-order valence-electron chi connectivity index (χ3n) is 4.18. The van der Waals surface area contributed by atoms with E-state index < -0.39 is 0 Å². The van der Waals surface area contributed by atoms with Crippen LogP contribution in [0.4, 0.5) is 0 Å². The number of hydrogen-bond acceptors (Lipinski definition) is 2. The van der Waals surface area contributed by atoms with E-state index >= 15 is 0 Å². The molecule has 1 heterocycles. The van der Waals surface area contributed by atoms with Crippen molar-refractivity contribution in [2.75, 3.05) is 13.3 Å². The number of fused-ring (bicyclic) bond motifs is 1. The zero-order valence-electron chi connectivity index (χ0n) is 16.2. The molecule has 7 heteroatoms. The fourth-order valence-electron chi connectivity index (χ4n) is 2.07. The van der Waals surface area contributed by atoms with Crippen molar-refractivity contribution in [3.63, 3.8) is 0 Å². The van der Waals surface area contributed by atoms with Crippen LogP contribution in [0.2, 0.25) is 0 Å². The van der Waals surface area contributed by atoms with E-state index in [0.29, 0.717) is 0 Å². The first-order chi connectivity index (χ1) is 11.4. The van der Waals surface area contributed by atoms with Gasteiger partial charge >= 0.3 is 36.0 Å². The molecule has 0 radical (unpaired) electrons. The van der Waals surface area contributed by atoms with E-state index in [1.165, 1.54) is 10.9 Å². The van der Waals surface area contributed by atoms with Crippen molar-refractivity contribution in [2.45, 2.75) is 51.9 Å². The number of benzene rings is 1. The topological polar surface area (TPSA) is 25.8 Å². The summed E-state index contributed by atoms with van der Waals surface area (Å²) in [5, 5.41) is 0.491. The van der Waals surface area contributed by atoms with Gasteiger partial charge in [-0.1, -0.05) is 69.5 Å². The van der Waals surface area contributed by atoms with E-state index in [9.17, 15) is 0 Å². The first kappa shape index (κ1) is 23.8. The Labute approximate surface area is 172 Å². The molecule has 0 aliphatic heterocycles. The van der Waals surface area contributed by atoms with Gasteiger partial charge in [0.25, 0.3) is 0 Å². The van der Waals surface area contributed by atoms with Crippen LogP contribution in [-0.4, -0.2) is 33.6 Å². The standard InChI is InChI=1S/C18H28N2P2.Au.2ClH/c1-17(2,3)21(7)15-16(22(8)18(4,5)6)20-14-12-10-9-11-13(14)19-15;;;/h9-12H,1-8H3;;2*1H/q;+2;;/p-2. The van der Waals surface area contributed by atoms with Gasteiger partial charge in [-0.15, -0.1) is 0 Å². The van der Waals surface area contributed by atoms with Crippen LogP contribution in [0.25, 0.3) is 11.0 Å². The minimum absolute atomic E-state index is 0.245. The predicted octanol–water partition coefficient (Wildman–Crippen LogP) is 6.08. The molecule has 0 saturated carbocycles. The quantitative estimate of drug-likeness (QED) is 0.308. The number of rotatable bonds is 2. The van der Waals surface area contributed by atoms with Crippen LogP contribution in [0.5, 0.6) is 0 Å². The van der Waals surface area contributed by atoms with E-state index in [2.05, 4.69) is 67.0 Å². The maximum atomic E-state index is 5.06. The molecule has 0 amide bonds. The van der Waals surface area contributed by atoms with Crippen molar-refractivity contribution in [1.29, 1.82) is 0 Å². The Kier molecular flexibility index (Phi) is 9.31. The molecule has 0 fully saturated rings. The molecule has 25 heavy (non-hydrogen) atoms. The van der Waals surface area contributed by atoms with Gasteiger partial charge in [0.05, 0.1) is 21.9 Å². The minimum atomic E-state index is -0.389. The molecule has 0 spiro atoms. The summed E-state index contributed by atoms with van der Waals surface area (Å²) >= 11 is -0.389. The van der Waals surface area contributed by atoms with E-state index in [0.717, 1.165) is 11.0 Å². The van der Waals surface area contributed by atoms with Crippen molar-refractivity contribution in [2.24, 2.45) is 0 Å². The summed E-state index contributed by atoms with van der Waals surface area (Å²) in [5.41, 5.74) is 4.56. The van der Waals surface area contributed by atoms with Crippen LogP contribution in [0.1, 0.15) is 41.5 Å². The second-order valence-corrected chi connectivity index (χ2v) is 16.8. The summed E-state index contributed by atoms with van der Waals surface area (Å²) < 4.78 is 0. The van der Waals surface area contributed by atoms with E-state index in [1.54, 1.807) is 0 Å². The molecule has 2 atom stereocenters. The molecule has 2 rings (SSSR count). The third kappa shape index (κ3) is 6.69. The average molecular weight is 602 g/mol. The molecule has 2 nitrogen and oxygen atoms in total. The molecule has 1 aromatic carbocycles. The van der Waals surface area contributed by atoms with Crippen LogP contribution in [-0.2, 0) is 17.6 Å². The van der Waals surface area contributed by atoms with E-state index in [-0.39, 0.29) is 43.7 Å². The van der Waals surface area contributed by atoms with Crippen molar-refractivity contribution in [3.8, 4) is 0 Å². The van der Waals surface area contributed by atoms with Gasteiger partial charge in [-0.3, -0.25) is 0 Å². The van der Waals surface area contributed by atoms with Gasteiger partial charge in [0, 0.05) is 0 Å². The monoisotopic (exact) mass is 601 g/mol. The van der Waals surface area contributed by atoms with Crippen molar-refractivity contribution < 1.29 is 17.6 Å². The average Bonchev–Trinajstić information content (AvgIpc) is 2.51. The van der Waals surface area contributed by atoms with Crippen LogP contribution >= 0.6 is 34.2 Å². The van der Waals surface area contributed by atoms with Crippen LogP contribution < -0.4 is 10.9 Å². The van der Waals surface area contributed by atoms with Gasteiger partial charge in [0.15, 0.2) is 0 Å². The summed E-state index contributed by atoms with van der Waals surface area (Å²) in [6, 6.07) is 8.26. The van der Waals surface area contributed by atoms with Crippen molar-refractivity contribution >= 4 is 56.1 Å². The Morgan fingerprint density at radius 3 is 1.28 bits per heavy atom. The number of para-hydroxylation sites is 2. The zero-order chi connectivity index (χ0) is 19.4. The predicted molar refractivity (Wildman–Crippen MR) is 116 cm³/mol. The number of halogens is 2. The normalized spacial score (nSPS) is 14.8. The number of aromatic nitrogens is 2. The maximum absolute atomic E-state index is 5.06. The Morgan fingerprint density at radius 2 is 1.04 bits per heavy atom. The van der Waals surface area contributed by atoms with Gasteiger partial charge < -0.3 is 0 Å².